The standard InChI is InChI=1S/C67H42N2O6S2/c70-66-54-19-7-11-23-62(54)76(72,73)64(66)40-44-29-35-60-56(38-44)50-15-3-1-13-48(50)52-17-5-9-21-58(52)68(60)46-31-25-42(26-32-46)37-43-27-33-47(34-28-43)69-59-22-10-6-18-53(59)49-14-2-4-16-51(49)57-39-45(30-36-61(57)69)41-65-67(71)55-20-8-12-24-63(55)77(65,74)75/h1-36,38-41H,37H2. The smallest absolute Gasteiger partial charge is 0.211 e. The van der Waals surface area contributed by atoms with Crippen molar-refractivity contribution in [1.82, 2.24) is 0 Å². The Kier molecular flexibility index (Phi) is 10.5. The van der Waals surface area contributed by atoms with Crippen LogP contribution in [0.3, 0.4) is 0 Å². The lowest BCUT2D eigenvalue weighted by Crippen LogP contribution is -2.11. The molecule has 0 atom stereocenters. The number of carbonyl (C=O) groups is 2. The summed E-state index contributed by atoms with van der Waals surface area (Å²) in [6, 6.07) is 74.8. The monoisotopic (exact) mass is 1030 g/mol. The van der Waals surface area contributed by atoms with E-state index in [9.17, 15) is 26.4 Å². The highest BCUT2D eigenvalue weighted by Gasteiger charge is 2.40. The van der Waals surface area contributed by atoms with Crippen LogP contribution in [0.15, 0.2) is 250 Å². The number of para-hydroxylation sites is 2. The second kappa shape index (κ2) is 17.6. The van der Waals surface area contributed by atoms with Crippen LogP contribution in [-0.2, 0) is 26.1 Å². The Bertz CT molecular complexity index is 4210. The topological polar surface area (TPSA) is 109 Å². The number of sulfone groups is 2. The summed E-state index contributed by atoms with van der Waals surface area (Å²) in [7, 11) is -7.97. The first-order valence-corrected chi connectivity index (χ1v) is 28.1. The highest BCUT2D eigenvalue weighted by molar-refractivity contribution is 7.97. The number of ketones is 2. The van der Waals surface area contributed by atoms with Gasteiger partial charge in [-0.25, -0.2) is 16.8 Å². The van der Waals surface area contributed by atoms with Gasteiger partial charge >= 0.3 is 0 Å². The molecule has 0 unspecified atom stereocenters. The molecule has 0 fully saturated rings. The third kappa shape index (κ3) is 7.32. The van der Waals surface area contributed by atoms with Crippen molar-refractivity contribution in [1.29, 1.82) is 0 Å². The molecule has 10 heteroatoms. The van der Waals surface area contributed by atoms with Crippen molar-refractivity contribution in [3.8, 4) is 44.5 Å². The third-order valence-electron chi connectivity index (χ3n) is 15.1. The van der Waals surface area contributed by atoms with Gasteiger partial charge < -0.3 is 9.80 Å². The second-order valence-electron chi connectivity index (χ2n) is 19.5. The molecule has 0 saturated heterocycles. The van der Waals surface area contributed by atoms with E-state index in [1.165, 1.54) is 24.3 Å². The highest BCUT2D eigenvalue weighted by atomic mass is 32.2. The summed E-state index contributed by atoms with van der Waals surface area (Å²) < 4.78 is 54.6. The average molecular weight is 1040 g/mol. The summed E-state index contributed by atoms with van der Waals surface area (Å²) in [5.41, 5.74) is 17.5. The first-order valence-electron chi connectivity index (χ1n) is 25.2. The molecule has 0 bridgehead atoms. The highest BCUT2D eigenvalue weighted by Crippen LogP contribution is 2.53. The molecule has 8 nitrogen and oxygen atoms in total. The number of nitrogens with zero attached hydrogens (tertiary/aromatic N) is 2. The summed E-state index contributed by atoms with van der Waals surface area (Å²) >= 11 is 0. The predicted molar refractivity (Wildman–Crippen MR) is 306 cm³/mol. The van der Waals surface area contributed by atoms with Gasteiger partial charge in [0.25, 0.3) is 0 Å². The third-order valence-corrected chi connectivity index (χ3v) is 18.7. The lowest BCUT2D eigenvalue weighted by atomic mass is 9.93. The van der Waals surface area contributed by atoms with Gasteiger partial charge in [-0.3, -0.25) is 9.59 Å². The van der Waals surface area contributed by atoms with Gasteiger partial charge in [0, 0.05) is 44.8 Å². The second-order valence-corrected chi connectivity index (χ2v) is 23.3. The number of Topliss-reactive ketones (excluding diaryl/α,β-unsaturated/α-hetero) is 2. The minimum atomic E-state index is -3.99. The van der Waals surface area contributed by atoms with Gasteiger partial charge in [0.15, 0.2) is 0 Å². The quantitative estimate of drug-likeness (QED) is 0.152. The van der Waals surface area contributed by atoms with Gasteiger partial charge in [0.1, 0.15) is 9.81 Å². The Morgan fingerprint density at radius 2 is 0.623 bits per heavy atom. The number of anilines is 6. The first kappa shape index (κ1) is 46.1. The zero-order valence-corrected chi connectivity index (χ0v) is 42.6. The lowest BCUT2D eigenvalue weighted by Gasteiger charge is -2.28. The molecule has 0 aliphatic carbocycles. The number of carbonyl (C=O) groups excluding carboxylic acids is 2. The molecule has 0 aromatic heterocycles. The Morgan fingerprint density at radius 1 is 0.312 bits per heavy atom. The molecule has 4 heterocycles. The maximum Gasteiger partial charge on any atom is 0.211 e. The Hall–Kier alpha value is -9.48. The molecule has 77 heavy (non-hydrogen) atoms. The molecule has 14 rings (SSSR count). The largest absolute Gasteiger partial charge is 0.309 e. The molecule has 4 aliphatic heterocycles. The van der Waals surface area contributed by atoms with Gasteiger partial charge in [-0.15, -0.1) is 0 Å². The molecule has 0 N–H and O–H groups in total. The number of fused-ring (bicyclic) bond motifs is 12. The van der Waals surface area contributed by atoms with E-state index in [1.807, 2.05) is 84.9 Å². The van der Waals surface area contributed by atoms with Crippen molar-refractivity contribution in [2.45, 2.75) is 16.2 Å². The Labute approximate surface area is 445 Å². The van der Waals surface area contributed by atoms with E-state index < -0.39 is 31.2 Å². The van der Waals surface area contributed by atoms with Gasteiger partial charge in [-0.1, -0.05) is 146 Å². The number of hydrogen-bond acceptors (Lipinski definition) is 8. The van der Waals surface area contributed by atoms with E-state index in [4.69, 9.17) is 0 Å². The van der Waals surface area contributed by atoms with Crippen LogP contribution in [0.25, 0.3) is 56.7 Å². The van der Waals surface area contributed by atoms with E-state index >= 15 is 0 Å². The minimum Gasteiger partial charge on any atom is -0.309 e. The number of allylic oxidation sites excluding steroid dienone is 2. The summed E-state index contributed by atoms with van der Waals surface area (Å²) in [5, 5.41) is 0. The summed E-state index contributed by atoms with van der Waals surface area (Å²) in [4.78, 5) is 31.1. The average Bonchev–Trinajstić information content (AvgIpc) is 3.67. The molecule has 10 aromatic carbocycles. The molecule has 0 radical (unpaired) electrons. The van der Waals surface area contributed by atoms with Gasteiger partial charge in [-0.05, 0) is 148 Å². The molecule has 0 amide bonds. The van der Waals surface area contributed by atoms with Gasteiger partial charge in [-0.2, -0.15) is 0 Å². The zero-order valence-electron chi connectivity index (χ0n) is 41.0. The molecular formula is C67H42N2O6S2. The summed E-state index contributed by atoms with van der Waals surface area (Å²) in [6.45, 7) is 0. The minimum absolute atomic E-state index is 0.0380. The van der Waals surface area contributed by atoms with Crippen molar-refractivity contribution in [3.63, 3.8) is 0 Å². The SMILES string of the molecule is O=C1C(=Cc2ccc3c(c2)-c2ccccc2-c2ccccc2N3c2ccc(Cc3ccc(N4c5ccccc5-c5ccccc5-c5cc(C=C6C(=O)c7ccccc7S6(=O)=O)ccc54)cc3)cc2)S(=O)(=O)c2ccccc21. The van der Waals surface area contributed by atoms with Crippen LogP contribution in [0.4, 0.5) is 34.1 Å². The van der Waals surface area contributed by atoms with E-state index in [1.54, 1.807) is 36.4 Å². The molecular weight excluding hydrogens is 993 g/mol. The van der Waals surface area contributed by atoms with Crippen LogP contribution >= 0.6 is 0 Å². The van der Waals surface area contributed by atoms with Crippen LogP contribution in [0.1, 0.15) is 43.0 Å². The van der Waals surface area contributed by atoms with Crippen molar-refractivity contribution in [2.75, 3.05) is 9.80 Å². The van der Waals surface area contributed by atoms with Crippen molar-refractivity contribution in [3.05, 3.63) is 274 Å². The van der Waals surface area contributed by atoms with Crippen molar-refractivity contribution >= 4 is 77.5 Å². The zero-order chi connectivity index (χ0) is 52.2. The fourth-order valence-corrected chi connectivity index (χ4v) is 14.7. The fourth-order valence-electron chi connectivity index (χ4n) is 11.5. The number of benzene rings is 10. The van der Waals surface area contributed by atoms with Crippen LogP contribution in [0.2, 0.25) is 0 Å². The summed E-state index contributed by atoms with van der Waals surface area (Å²) in [6.07, 6.45) is 3.68. The Morgan fingerprint density at radius 3 is 1.00 bits per heavy atom. The van der Waals surface area contributed by atoms with E-state index in [0.29, 0.717) is 17.5 Å². The van der Waals surface area contributed by atoms with Crippen molar-refractivity contribution < 1.29 is 26.4 Å². The predicted octanol–water partition coefficient (Wildman–Crippen LogP) is 15.5. The van der Waals surface area contributed by atoms with Crippen LogP contribution in [0, 0.1) is 0 Å². The van der Waals surface area contributed by atoms with Crippen LogP contribution < -0.4 is 9.80 Å². The van der Waals surface area contributed by atoms with E-state index in [-0.39, 0.29) is 30.7 Å². The van der Waals surface area contributed by atoms with Gasteiger partial charge in [0.2, 0.25) is 31.2 Å². The molecule has 4 aliphatic rings. The molecule has 0 saturated carbocycles. The number of hydrogen-bond donors (Lipinski definition) is 0. The Balaban J connectivity index is 0.797. The van der Waals surface area contributed by atoms with Crippen molar-refractivity contribution in [2.24, 2.45) is 0 Å². The first-order chi connectivity index (χ1) is 37.5. The molecule has 10 aromatic rings. The van der Waals surface area contributed by atoms with Crippen LogP contribution in [-0.4, -0.2) is 28.4 Å². The van der Waals surface area contributed by atoms with Gasteiger partial charge in [0.05, 0.1) is 32.5 Å². The molecule has 0 spiro atoms. The maximum absolute atomic E-state index is 13.7. The lowest BCUT2D eigenvalue weighted by molar-refractivity contribution is 0.103. The van der Waals surface area contributed by atoms with E-state index in [2.05, 4.69) is 107 Å². The molecule has 368 valence electrons. The normalized spacial score (nSPS) is 16.1. The summed E-state index contributed by atoms with van der Waals surface area (Å²) in [5.74, 6) is -1.000. The number of rotatable bonds is 6. The van der Waals surface area contributed by atoms with Crippen LogP contribution in [0.5, 0.6) is 0 Å². The maximum atomic E-state index is 13.7. The fraction of sp³-hybridized carbons (Fsp3) is 0.0149. The van der Waals surface area contributed by atoms with E-state index in [0.717, 1.165) is 89.8 Å².